The van der Waals surface area contributed by atoms with Crippen LogP contribution in [0.4, 0.5) is 0 Å². The van der Waals surface area contributed by atoms with E-state index in [0.717, 1.165) is 48.1 Å². The van der Waals surface area contributed by atoms with Gasteiger partial charge in [0.25, 0.3) is 0 Å². The van der Waals surface area contributed by atoms with E-state index in [1.54, 1.807) is 6.26 Å². The summed E-state index contributed by atoms with van der Waals surface area (Å²) >= 11 is 0. The van der Waals surface area contributed by atoms with Crippen molar-refractivity contribution in [2.45, 2.75) is 46.2 Å². The van der Waals surface area contributed by atoms with Gasteiger partial charge in [-0.25, -0.2) is 9.67 Å². The lowest BCUT2D eigenvalue weighted by Crippen LogP contribution is -2.42. The van der Waals surface area contributed by atoms with Gasteiger partial charge >= 0.3 is 0 Å². The van der Waals surface area contributed by atoms with Crippen molar-refractivity contribution in [3.8, 4) is 5.69 Å². The summed E-state index contributed by atoms with van der Waals surface area (Å²) in [4.78, 5) is 4.82. The molecule has 0 amide bonds. The summed E-state index contributed by atoms with van der Waals surface area (Å²) in [5.74, 6) is 1.78. The largest absolute Gasteiger partial charge is 0.469 e. The number of nitrogens with one attached hydrogen (secondary N) is 2. The minimum Gasteiger partial charge on any atom is -0.469 e. The number of rotatable bonds is 8. The molecule has 0 radical (unpaired) electrons. The lowest BCUT2D eigenvalue weighted by Gasteiger charge is -2.17. The van der Waals surface area contributed by atoms with Gasteiger partial charge in [-0.15, -0.1) is 0 Å². The molecule has 0 spiro atoms. The van der Waals surface area contributed by atoms with Gasteiger partial charge in [-0.1, -0.05) is 25.1 Å². The van der Waals surface area contributed by atoms with Crippen molar-refractivity contribution in [1.82, 2.24) is 20.4 Å². The fourth-order valence-corrected chi connectivity index (χ4v) is 2.83. The van der Waals surface area contributed by atoms with Crippen LogP contribution in [0.5, 0.6) is 0 Å². The van der Waals surface area contributed by atoms with E-state index in [2.05, 4.69) is 41.7 Å². The number of aryl methyl sites for hydroxylation is 1. The third kappa shape index (κ3) is 5.49. The summed E-state index contributed by atoms with van der Waals surface area (Å²) in [7, 11) is 0. The Morgan fingerprint density at radius 2 is 2.07 bits per heavy atom. The number of para-hydroxylation sites is 1. The zero-order valence-corrected chi connectivity index (χ0v) is 16.9. The fourth-order valence-electron chi connectivity index (χ4n) is 2.83. The predicted molar refractivity (Wildman–Crippen MR) is 113 cm³/mol. The maximum Gasteiger partial charge on any atom is 0.191 e. The van der Waals surface area contributed by atoms with Crippen molar-refractivity contribution in [3.63, 3.8) is 0 Å². The van der Waals surface area contributed by atoms with Gasteiger partial charge in [0.2, 0.25) is 0 Å². The number of furan rings is 1. The minimum absolute atomic E-state index is 0.346. The predicted octanol–water partition coefficient (Wildman–Crippen LogP) is 3.85. The fraction of sp³-hybridized carbons (Fsp3) is 0.364. The van der Waals surface area contributed by atoms with E-state index in [-0.39, 0.29) is 0 Å². The lowest BCUT2D eigenvalue weighted by molar-refractivity contribution is 0.506. The van der Waals surface area contributed by atoms with Gasteiger partial charge in [-0.2, -0.15) is 5.10 Å². The maximum absolute atomic E-state index is 5.40. The molecule has 1 unspecified atom stereocenters. The first-order valence-corrected chi connectivity index (χ1v) is 9.83. The number of hydrogen-bond donors (Lipinski definition) is 2. The Kier molecular flexibility index (Phi) is 6.89. The first kappa shape index (κ1) is 19.7. The van der Waals surface area contributed by atoms with Crippen LogP contribution in [0.15, 0.2) is 64.3 Å². The first-order valence-electron chi connectivity index (χ1n) is 9.83. The molecular formula is C22H29N5O. The molecule has 3 rings (SSSR count). The summed E-state index contributed by atoms with van der Waals surface area (Å²) in [6, 6.07) is 14.5. The van der Waals surface area contributed by atoms with Gasteiger partial charge in [-0.05, 0) is 50.1 Å². The molecule has 28 heavy (non-hydrogen) atoms. The second kappa shape index (κ2) is 9.78. The first-order chi connectivity index (χ1) is 13.7. The molecule has 2 heterocycles. The van der Waals surface area contributed by atoms with E-state index >= 15 is 0 Å². The highest BCUT2D eigenvalue weighted by Crippen LogP contribution is 2.15. The van der Waals surface area contributed by atoms with Crippen LogP contribution in [-0.4, -0.2) is 28.3 Å². The monoisotopic (exact) mass is 379 g/mol. The van der Waals surface area contributed by atoms with E-state index in [9.17, 15) is 0 Å². The molecule has 148 valence electrons. The van der Waals surface area contributed by atoms with Gasteiger partial charge in [0, 0.05) is 25.2 Å². The van der Waals surface area contributed by atoms with Crippen LogP contribution in [0.25, 0.3) is 5.69 Å². The number of nitrogens with zero attached hydrogens (tertiary/aromatic N) is 3. The molecule has 1 aromatic carbocycles. The maximum atomic E-state index is 5.40. The molecule has 0 aliphatic rings. The lowest BCUT2D eigenvalue weighted by atomic mass is 10.2. The van der Waals surface area contributed by atoms with Crippen molar-refractivity contribution in [2.24, 2.45) is 4.99 Å². The SMILES string of the molecule is CCC(C)NC(=NCc1ccccc1-n1ccc(C)n1)NCCc1ccco1. The molecule has 2 N–H and O–H groups in total. The molecule has 0 saturated carbocycles. The van der Waals surface area contributed by atoms with Gasteiger partial charge in [0.1, 0.15) is 5.76 Å². The normalized spacial score (nSPS) is 12.8. The standard InChI is InChI=1S/C22H29N5O/c1-4-17(2)25-22(23-13-11-20-9-7-15-28-20)24-16-19-8-5-6-10-21(19)27-14-12-18(3)26-27/h5-10,12,14-15,17H,4,11,13,16H2,1-3H3,(H2,23,24,25). The molecular weight excluding hydrogens is 350 g/mol. The Balaban J connectivity index is 1.71. The topological polar surface area (TPSA) is 67.4 Å². The molecule has 0 saturated heterocycles. The van der Waals surface area contributed by atoms with E-state index < -0.39 is 0 Å². The van der Waals surface area contributed by atoms with Crippen molar-refractivity contribution in [1.29, 1.82) is 0 Å². The van der Waals surface area contributed by atoms with E-state index in [0.29, 0.717) is 12.6 Å². The molecule has 2 aromatic heterocycles. The van der Waals surface area contributed by atoms with Crippen molar-refractivity contribution in [2.75, 3.05) is 6.54 Å². The van der Waals surface area contributed by atoms with Gasteiger partial charge in [0.15, 0.2) is 5.96 Å². The summed E-state index contributed by atoms with van der Waals surface area (Å²) in [6.07, 6.45) is 5.53. The van der Waals surface area contributed by atoms with Crippen LogP contribution in [0.3, 0.4) is 0 Å². The smallest absolute Gasteiger partial charge is 0.191 e. The van der Waals surface area contributed by atoms with Crippen LogP contribution in [0, 0.1) is 6.92 Å². The van der Waals surface area contributed by atoms with Crippen LogP contribution in [0.2, 0.25) is 0 Å². The number of guanidine groups is 1. The van der Waals surface area contributed by atoms with Crippen LogP contribution >= 0.6 is 0 Å². The summed E-state index contributed by atoms with van der Waals surface area (Å²) in [5, 5.41) is 11.4. The average Bonchev–Trinajstić information content (AvgIpc) is 3.38. The van der Waals surface area contributed by atoms with E-state index in [1.807, 2.05) is 48.1 Å². The summed E-state index contributed by atoms with van der Waals surface area (Å²) in [6.45, 7) is 7.64. The zero-order valence-electron chi connectivity index (χ0n) is 16.9. The second-order valence-corrected chi connectivity index (χ2v) is 6.91. The van der Waals surface area contributed by atoms with Gasteiger partial charge in [-0.3, -0.25) is 0 Å². The van der Waals surface area contributed by atoms with Crippen molar-refractivity contribution >= 4 is 5.96 Å². The second-order valence-electron chi connectivity index (χ2n) is 6.91. The summed E-state index contributed by atoms with van der Waals surface area (Å²) < 4.78 is 7.31. The van der Waals surface area contributed by atoms with E-state index in [1.165, 1.54) is 0 Å². The van der Waals surface area contributed by atoms with Gasteiger partial charge in [0.05, 0.1) is 24.2 Å². The Bertz CT molecular complexity index is 882. The molecule has 6 nitrogen and oxygen atoms in total. The Morgan fingerprint density at radius 3 is 2.79 bits per heavy atom. The number of hydrogen-bond acceptors (Lipinski definition) is 3. The molecule has 6 heteroatoms. The highest BCUT2D eigenvalue weighted by atomic mass is 16.3. The molecule has 1 atom stereocenters. The highest BCUT2D eigenvalue weighted by molar-refractivity contribution is 5.80. The molecule has 0 fully saturated rings. The Hall–Kier alpha value is -3.02. The molecule has 0 aliphatic heterocycles. The van der Waals surface area contributed by atoms with E-state index in [4.69, 9.17) is 9.41 Å². The number of aliphatic imine (C=N–C) groups is 1. The molecule has 3 aromatic rings. The third-order valence-electron chi connectivity index (χ3n) is 4.61. The Morgan fingerprint density at radius 1 is 1.21 bits per heavy atom. The number of benzene rings is 1. The summed E-state index contributed by atoms with van der Waals surface area (Å²) in [5.41, 5.74) is 3.18. The zero-order chi connectivity index (χ0) is 19.8. The highest BCUT2D eigenvalue weighted by Gasteiger charge is 2.07. The average molecular weight is 380 g/mol. The quantitative estimate of drug-likeness (QED) is 0.461. The van der Waals surface area contributed by atoms with Crippen LogP contribution in [-0.2, 0) is 13.0 Å². The van der Waals surface area contributed by atoms with Crippen LogP contribution in [0.1, 0.15) is 37.3 Å². The number of aromatic nitrogens is 2. The minimum atomic E-state index is 0.346. The van der Waals surface area contributed by atoms with Crippen molar-refractivity contribution < 1.29 is 4.42 Å². The Labute approximate surface area is 166 Å². The molecule has 0 aliphatic carbocycles. The van der Waals surface area contributed by atoms with Gasteiger partial charge < -0.3 is 15.1 Å². The molecule has 0 bridgehead atoms. The van der Waals surface area contributed by atoms with Crippen molar-refractivity contribution in [3.05, 3.63) is 71.9 Å². The third-order valence-corrected chi connectivity index (χ3v) is 4.61. The van der Waals surface area contributed by atoms with Crippen LogP contribution < -0.4 is 10.6 Å².